The van der Waals surface area contributed by atoms with Crippen LogP contribution >= 0.6 is 0 Å². The number of aliphatic hydroxyl groups is 1. The Morgan fingerprint density at radius 3 is 2.62 bits per heavy atom. The number of nitrogens with zero attached hydrogens (tertiary/aromatic N) is 1. The van der Waals surface area contributed by atoms with Crippen LogP contribution in [0.5, 0.6) is 11.5 Å². The summed E-state index contributed by atoms with van der Waals surface area (Å²) in [5.41, 5.74) is 1.18. The molecule has 0 aromatic heterocycles. The van der Waals surface area contributed by atoms with Gasteiger partial charge in [0.25, 0.3) is 0 Å². The van der Waals surface area contributed by atoms with Crippen molar-refractivity contribution < 1.29 is 14.6 Å². The number of likely N-dealkylation sites (N-methyl/N-ethyl adjacent to an activating group) is 1. The molecule has 1 saturated carbocycles. The van der Waals surface area contributed by atoms with Crippen LogP contribution in [-0.4, -0.2) is 56.0 Å². The predicted octanol–water partition coefficient (Wildman–Crippen LogP) is 2.28. The zero-order valence-electron chi connectivity index (χ0n) is 15.3. The van der Waals surface area contributed by atoms with Gasteiger partial charge in [-0.2, -0.15) is 0 Å². The summed E-state index contributed by atoms with van der Waals surface area (Å²) in [7, 11) is 1.65. The van der Waals surface area contributed by atoms with Gasteiger partial charge in [0.1, 0.15) is 12.7 Å². The molecule has 0 aliphatic heterocycles. The van der Waals surface area contributed by atoms with Gasteiger partial charge in [0.05, 0.1) is 7.11 Å². The van der Waals surface area contributed by atoms with Crippen LogP contribution in [0.4, 0.5) is 0 Å². The average Bonchev–Trinajstić information content (AvgIpc) is 3.42. The Morgan fingerprint density at radius 2 is 2.00 bits per heavy atom. The molecule has 24 heavy (non-hydrogen) atoms. The number of nitrogens with one attached hydrogen (secondary N) is 1. The summed E-state index contributed by atoms with van der Waals surface area (Å²) < 4.78 is 11.2. The van der Waals surface area contributed by atoms with Crippen LogP contribution in [0.15, 0.2) is 18.2 Å². The molecule has 1 aliphatic carbocycles. The molecule has 5 nitrogen and oxygen atoms in total. The van der Waals surface area contributed by atoms with Crippen molar-refractivity contribution in [1.82, 2.24) is 10.2 Å². The predicted molar refractivity (Wildman–Crippen MR) is 96.7 cm³/mol. The third-order valence-electron chi connectivity index (χ3n) is 4.48. The van der Waals surface area contributed by atoms with E-state index in [0.717, 1.165) is 37.8 Å². The Labute approximate surface area is 146 Å². The molecule has 1 aliphatic rings. The molecule has 1 aromatic carbocycles. The van der Waals surface area contributed by atoms with E-state index in [9.17, 15) is 5.11 Å². The third kappa shape index (κ3) is 6.30. The molecular formula is C19H32N2O3. The summed E-state index contributed by atoms with van der Waals surface area (Å²) in [4.78, 5) is 2.18. The van der Waals surface area contributed by atoms with E-state index in [1.54, 1.807) is 7.11 Å². The molecule has 0 radical (unpaired) electrons. The number of ether oxygens (including phenoxy) is 2. The lowest BCUT2D eigenvalue weighted by molar-refractivity contribution is 0.0705. The van der Waals surface area contributed by atoms with Crippen molar-refractivity contribution in [3.05, 3.63) is 23.8 Å². The quantitative estimate of drug-likeness (QED) is 0.613. The Balaban J connectivity index is 1.82. The van der Waals surface area contributed by atoms with Crippen molar-refractivity contribution in [3.8, 4) is 11.5 Å². The largest absolute Gasteiger partial charge is 0.493 e. The van der Waals surface area contributed by atoms with Crippen LogP contribution in [0.1, 0.15) is 32.3 Å². The SMILES string of the molecule is CCN(CC)CC(O)COc1ccc(CNCC2CC2)cc1OC. The van der Waals surface area contributed by atoms with Crippen LogP contribution < -0.4 is 14.8 Å². The standard InChI is InChI=1S/C19H32N2O3/c1-4-21(5-2)13-17(22)14-24-18-9-8-16(10-19(18)23-3)12-20-11-15-6-7-15/h8-10,15,17,20,22H,4-7,11-14H2,1-3H3. The van der Waals surface area contributed by atoms with Gasteiger partial charge in [0.15, 0.2) is 11.5 Å². The lowest BCUT2D eigenvalue weighted by Gasteiger charge is -2.22. The highest BCUT2D eigenvalue weighted by Crippen LogP contribution is 2.29. The summed E-state index contributed by atoms with van der Waals surface area (Å²) in [5, 5.41) is 13.6. The minimum atomic E-state index is -0.505. The molecule has 0 saturated heterocycles. The van der Waals surface area contributed by atoms with E-state index >= 15 is 0 Å². The molecule has 0 heterocycles. The first kappa shape index (κ1) is 19.0. The molecular weight excluding hydrogens is 304 g/mol. The fourth-order valence-corrected chi connectivity index (χ4v) is 2.70. The van der Waals surface area contributed by atoms with Crippen molar-refractivity contribution >= 4 is 0 Å². The minimum Gasteiger partial charge on any atom is -0.493 e. The number of benzene rings is 1. The molecule has 5 heteroatoms. The van der Waals surface area contributed by atoms with Crippen LogP contribution in [0, 0.1) is 5.92 Å². The third-order valence-corrected chi connectivity index (χ3v) is 4.48. The Morgan fingerprint density at radius 1 is 1.25 bits per heavy atom. The maximum Gasteiger partial charge on any atom is 0.161 e. The van der Waals surface area contributed by atoms with E-state index in [1.807, 2.05) is 12.1 Å². The second-order valence-corrected chi connectivity index (χ2v) is 6.51. The van der Waals surface area contributed by atoms with E-state index < -0.39 is 6.10 Å². The van der Waals surface area contributed by atoms with E-state index in [0.29, 0.717) is 12.3 Å². The lowest BCUT2D eigenvalue weighted by atomic mass is 10.2. The zero-order valence-corrected chi connectivity index (χ0v) is 15.3. The molecule has 1 atom stereocenters. The van der Waals surface area contributed by atoms with Gasteiger partial charge in [-0.3, -0.25) is 0 Å². The first-order valence-electron chi connectivity index (χ1n) is 9.07. The molecule has 1 unspecified atom stereocenters. The molecule has 1 fully saturated rings. The maximum absolute atomic E-state index is 10.1. The van der Waals surface area contributed by atoms with Gasteiger partial charge in [-0.1, -0.05) is 19.9 Å². The summed E-state index contributed by atoms with van der Waals surface area (Å²) in [6.07, 6.45) is 2.21. The van der Waals surface area contributed by atoms with Crippen molar-refractivity contribution in [2.24, 2.45) is 5.92 Å². The fraction of sp³-hybridized carbons (Fsp3) is 0.684. The Hall–Kier alpha value is -1.30. The second kappa shape index (κ2) is 9.87. The second-order valence-electron chi connectivity index (χ2n) is 6.51. The summed E-state index contributed by atoms with van der Waals surface area (Å²) >= 11 is 0. The minimum absolute atomic E-state index is 0.270. The molecule has 0 spiro atoms. The first-order chi connectivity index (χ1) is 11.7. The fourth-order valence-electron chi connectivity index (χ4n) is 2.70. The van der Waals surface area contributed by atoms with Gasteiger partial charge < -0.3 is 24.8 Å². The summed E-state index contributed by atoms with van der Waals surface area (Å²) in [6, 6.07) is 5.98. The average molecular weight is 336 g/mol. The number of hydrogen-bond acceptors (Lipinski definition) is 5. The highest BCUT2D eigenvalue weighted by molar-refractivity contribution is 5.43. The number of rotatable bonds is 12. The number of hydrogen-bond donors (Lipinski definition) is 2. The van der Waals surface area contributed by atoms with Crippen molar-refractivity contribution in [1.29, 1.82) is 0 Å². The summed E-state index contributed by atoms with van der Waals surface area (Å²) in [6.45, 7) is 8.88. The monoisotopic (exact) mass is 336 g/mol. The van der Waals surface area contributed by atoms with Crippen LogP contribution in [0.2, 0.25) is 0 Å². The molecule has 2 rings (SSSR count). The smallest absolute Gasteiger partial charge is 0.161 e. The topological polar surface area (TPSA) is 54.0 Å². The van der Waals surface area contributed by atoms with E-state index in [4.69, 9.17) is 9.47 Å². The number of methoxy groups -OCH3 is 1. The molecule has 0 bridgehead atoms. The van der Waals surface area contributed by atoms with E-state index in [-0.39, 0.29) is 6.61 Å². The van der Waals surface area contributed by atoms with Gasteiger partial charge in [-0.05, 0) is 56.1 Å². The van der Waals surface area contributed by atoms with Gasteiger partial charge >= 0.3 is 0 Å². The Bertz CT molecular complexity index is 488. The van der Waals surface area contributed by atoms with Crippen LogP contribution in [0.3, 0.4) is 0 Å². The lowest BCUT2D eigenvalue weighted by Crippen LogP contribution is -2.35. The molecule has 2 N–H and O–H groups in total. The van der Waals surface area contributed by atoms with Crippen LogP contribution in [-0.2, 0) is 6.54 Å². The van der Waals surface area contributed by atoms with E-state index in [2.05, 4.69) is 30.1 Å². The zero-order chi connectivity index (χ0) is 17.4. The Kier molecular flexibility index (Phi) is 7.82. The summed E-state index contributed by atoms with van der Waals surface area (Å²) in [5.74, 6) is 2.28. The normalized spacial score (nSPS) is 15.5. The van der Waals surface area contributed by atoms with Gasteiger partial charge in [-0.15, -0.1) is 0 Å². The van der Waals surface area contributed by atoms with Crippen molar-refractivity contribution in [2.45, 2.75) is 39.3 Å². The molecule has 1 aromatic rings. The van der Waals surface area contributed by atoms with E-state index in [1.165, 1.54) is 18.4 Å². The molecule has 136 valence electrons. The van der Waals surface area contributed by atoms with Gasteiger partial charge in [-0.25, -0.2) is 0 Å². The van der Waals surface area contributed by atoms with Crippen LogP contribution in [0.25, 0.3) is 0 Å². The number of aliphatic hydroxyl groups excluding tert-OH is 1. The van der Waals surface area contributed by atoms with Crippen molar-refractivity contribution in [3.63, 3.8) is 0 Å². The molecule has 0 amide bonds. The first-order valence-corrected chi connectivity index (χ1v) is 9.07. The van der Waals surface area contributed by atoms with Crippen molar-refractivity contribution in [2.75, 3.05) is 39.9 Å². The highest BCUT2D eigenvalue weighted by atomic mass is 16.5. The van der Waals surface area contributed by atoms with Gasteiger partial charge in [0, 0.05) is 13.1 Å². The maximum atomic E-state index is 10.1. The van der Waals surface area contributed by atoms with Gasteiger partial charge in [0.2, 0.25) is 0 Å². The highest BCUT2D eigenvalue weighted by Gasteiger charge is 2.20.